The Labute approximate surface area is 153 Å². The average molecular weight is 354 g/mol. The molecule has 138 valence electrons. The van der Waals surface area contributed by atoms with Crippen LogP contribution in [0.3, 0.4) is 0 Å². The topological polar surface area (TPSA) is 75.9 Å². The molecule has 7 nitrogen and oxygen atoms in total. The predicted molar refractivity (Wildman–Crippen MR) is 99.4 cm³/mol. The van der Waals surface area contributed by atoms with E-state index < -0.39 is 0 Å². The maximum Gasteiger partial charge on any atom is 0.255 e. The van der Waals surface area contributed by atoms with E-state index >= 15 is 0 Å². The van der Waals surface area contributed by atoms with Gasteiger partial charge in [0.25, 0.3) is 5.91 Å². The van der Waals surface area contributed by atoms with Crippen LogP contribution in [0, 0.1) is 0 Å². The molecule has 0 radical (unpaired) electrons. The summed E-state index contributed by atoms with van der Waals surface area (Å²) in [6.45, 7) is 6.93. The Hall–Kier alpha value is -2.44. The molecule has 2 aromatic rings. The van der Waals surface area contributed by atoms with Crippen LogP contribution in [0.2, 0.25) is 0 Å². The molecule has 1 fully saturated rings. The van der Waals surface area contributed by atoms with Crippen LogP contribution in [0.5, 0.6) is 0 Å². The second-order valence-electron chi connectivity index (χ2n) is 7.52. The van der Waals surface area contributed by atoms with E-state index in [1.54, 1.807) is 6.20 Å². The van der Waals surface area contributed by atoms with E-state index in [4.69, 9.17) is 0 Å². The quantitative estimate of drug-likeness (QED) is 0.910. The van der Waals surface area contributed by atoms with E-state index in [0.717, 1.165) is 62.8 Å². The minimum atomic E-state index is -0.0346. The highest BCUT2D eigenvalue weighted by Gasteiger charge is 2.27. The molecule has 4 heterocycles. The average Bonchev–Trinajstić information content (AvgIpc) is 3.31. The molecule has 26 heavy (non-hydrogen) atoms. The van der Waals surface area contributed by atoms with Gasteiger partial charge in [-0.15, -0.1) is 10.2 Å². The molecule has 1 saturated heterocycles. The first-order valence-electron chi connectivity index (χ1n) is 9.56. The van der Waals surface area contributed by atoms with Crippen molar-refractivity contribution in [3.63, 3.8) is 0 Å². The third-order valence-electron chi connectivity index (χ3n) is 5.26. The Bertz CT molecular complexity index is 793. The maximum atomic E-state index is 12.9. The van der Waals surface area contributed by atoms with E-state index in [9.17, 15) is 4.79 Å². The number of aryl methyl sites for hydroxylation is 1. The molecule has 2 aliphatic heterocycles. The molecule has 2 aromatic heterocycles. The van der Waals surface area contributed by atoms with Gasteiger partial charge in [0.05, 0.1) is 5.56 Å². The Morgan fingerprint density at radius 3 is 2.85 bits per heavy atom. The molecule has 2 aliphatic rings. The van der Waals surface area contributed by atoms with Gasteiger partial charge in [0, 0.05) is 44.2 Å². The van der Waals surface area contributed by atoms with Crippen molar-refractivity contribution in [2.45, 2.75) is 58.0 Å². The summed E-state index contributed by atoms with van der Waals surface area (Å²) in [5, 5.41) is 11.8. The lowest BCUT2D eigenvalue weighted by Gasteiger charge is -2.27. The normalized spacial score (nSPS) is 19.7. The number of hydrogen-bond donors (Lipinski definition) is 1. The molecule has 0 saturated carbocycles. The monoisotopic (exact) mass is 354 g/mol. The van der Waals surface area contributed by atoms with Crippen molar-refractivity contribution in [1.29, 1.82) is 0 Å². The molecule has 1 amide bonds. The van der Waals surface area contributed by atoms with Crippen molar-refractivity contribution < 1.29 is 4.79 Å². The van der Waals surface area contributed by atoms with Gasteiger partial charge < -0.3 is 14.8 Å². The summed E-state index contributed by atoms with van der Waals surface area (Å²) in [5.41, 5.74) is 0.674. The lowest BCUT2D eigenvalue weighted by molar-refractivity contribution is 0.0927. The fourth-order valence-corrected chi connectivity index (χ4v) is 3.91. The maximum absolute atomic E-state index is 12.9. The lowest BCUT2D eigenvalue weighted by Crippen LogP contribution is -2.42. The summed E-state index contributed by atoms with van der Waals surface area (Å²) in [6.07, 6.45) is 5.82. The molecule has 0 aliphatic carbocycles. The highest BCUT2D eigenvalue weighted by Crippen LogP contribution is 2.23. The molecular formula is C19H26N6O. The fraction of sp³-hybridized carbons (Fsp3) is 0.579. The molecule has 4 rings (SSSR count). The van der Waals surface area contributed by atoms with Crippen LogP contribution in [0.4, 0.5) is 5.82 Å². The second kappa shape index (κ2) is 7.05. The Morgan fingerprint density at radius 2 is 2.08 bits per heavy atom. The molecule has 0 bridgehead atoms. The first-order chi connectivity index (χ1) is 12.6. The zero-order chi connectivity index (χ0) is 18.1. The molecule has 7 heteroatoms. The van der Waals surface area contributed by atoms with Crippen molar-refractivity contribution in [3.8, 4) is 0 Å². The number of amides is 1. The summed E-state index contributed by atoms with van der Waals surface area (Å²) in [5.74, 6) is 3.13. The van der Waals surface area contributed by atoms with Crippen LogP contribution in [0.1, 0.15) is 61.0 Å². The van der Waals surface area contributed by atoms with Crippen LogP contribution < -0.4 is 10.2 Å². The van der Waals surface area contributed by atoms with Crippen LogP contribution in [-0.2, 0) is 13.0 Å². The molecular weight excluding hydrogens is 328 g/mol. The van der Waals surface area contributed by atoms with Gasteiger partial charge in [-0.05, 0) is 31.4 Å². The Morgan fingerprint density at radius 1 is 1.27 bits per heavy atom. The van der Waals surface area contributed by atoms with Crippen molar-refractivity contribution >= 4 is 11.7 Å². The minimum Gasteiger partial charge on any atom is -0.356 e. The third kappa shape index (κ3) is 3.18. The molecule has 0 aromatic carbocycles. The largest absolute Gasteiger partial charge is 0.356 e. The summed E-state index contributed by atoms with van der Waals surface area (Å²) in [7, 11) is 0. The van der Waals surface area contributed by atoms with Gasteiger partial charge in [-0.25, -0.2) is 4.98 Å². The van der Waals surface area contributed by atoms with E-state index in [-0.39, 0.29) is 11.9 Å². The summed E-state index contributed by atoms with van der Waals surface area (Å²) in [4.78, 5) is 19.6. The van der Waals surface area contributed by atoms with E-state index in [0.29, 0.717) is 11.5 Å². The third-order valence-corrected chi connectivity index (χ3v) is 5.26. The number of anilines is 1. The van der Waals surface area contributed by atoms with Gasteiger partial charge >= 0.3 is 0 Å². The molecule has 0 unspecified atom stereocenters. The number of nitrogens with one attached hydrogen (secondary N) is 1. The second-order valence-corrected chi connectivity index (χ2v) is 7.52. The van der Waals surface area contributed by atoms with Crippen molar-refractivity contribution in [2.75, 3.05) is 18.0 Å². The standard InChI is InChI=1S/C19H26N6O/c1-13(2)17-23-22-16-8-7-14(12-25(16)17)21-19(26)15-6-5-9-20-18(15)24-10-3-4-11-24/h5-6,9,13-14H,3-4,7-8,10-12H2,1-2H3,(H,21,26)/t14-/m0/s1. The van der Waals surface area contributed by atoms with Gasteiger partial charge in [-0.3, -0.25) is 4.79 Å². The SMILES string of the molecule is CC(C)c1nnc2n1C[C@@H](NC(=O)c1cccnc1N1CCCC1)CC2. The first-order valence-corrected chi connectivity index (χ1v) is 9.56. The number of nitrogens with zero attached hydrogens (tertiary/aromatic N) is 5. The Balaban J connectivity index is 1.50. The number of aromatic nitrogens is 4. The van der Waals surface area contributed by atoms with Crippen LogP contribution in [-0.4, -0.2) is 44.8 Å². The van der Waals surface area contributed by atoms with Gasteiger partial charge in [0.1, 0.15) is 17.5 Å². The van der Waals surface area contributed by atoms with Crippen molar-refractivity contribution in [1.82, 2.24) is 25.1 Å². The van der Waals surface area contributed by atoms with Crippen molar-refractivity contribution in [2.24, 2.45) is 0 Å². The van der Waals surface area contributed by atoms with Crippen LogP contribution in [0.25, 0.3) is 0 Å². The molecule has 0 spiro atoms. The van der Waals surface area contributed by atoms with Crippen LogP contribution >= 0.6 is 0 Å². The number of fused-ring (bicyclic) bond motifs is 1. The molecule has 1 N–H and O–H groups in total. The number of rotatable bonds is 4. The number of pyridine rings is 1. The minimum absolute atomic E-state index is 0.0346. The zero-order valence-electron chi connectivity index (χ0n) is 15.5. The molecule has 1 atom stereocenters. The number of hydrogen-bond acceptors (Lipinski definition) is 5. The summed E-state index contributed by atoms with van der Waals surface area (Å²) in [6, 6.07) is 3.81. The van der Waals surface area contributed by atoms with Gasteiger partial charge in [0.2, 0.25) is 0 Å². The van der Waals surface area contributed by atoms with E-state index in [1.165, 1.54) is 0 Å². The van der Waals surface area contributed by atoms with Crippen molar-refractivity contribution in [3.05, 3.63) is 35.5 Å². The van der Waals surface area contributed by atoms with Gasteiger partial charge in [-0.1, -0.05) is 13.8 Å². The zero-order valence-corrected chi connectivity index (χ0v) is 15.5. The first kappa shape index (κ1) is 17.0. The Kier molecular flexibility index (Phi) is 4.61. The van der Waals surface area contributed by atoms with Crippen LogP contribution in [0.15, 0.2) is 18.3 Å². The fourth-order valence-electron chi connectivity index (χ4n) is 3.91. The highest BCUT2D eigenvalue weighted by atomic mass is 16.1. The number of carbonyl (C=O) groups excluding carboxylic acids is 1. The van der Waals surface area contributed by atoms with Gasteiger partial charge in [0.15, 0.2) is 0 Å². The summed E-state index contributed by atoms with van der Waals surface area (Å²) >= 11 is 0. The summed E-state index contributed by atoms with van der Waals surface area (Å²) < 4.78 is 2.17. The lowest BCUT2D eigenvalue weighted by atomic mass is 10.1. The predicted octanol–water partition coefficient (Wildman–Crippen LogP) is 2.14. The highest BCUT2D eigenvalue weighted by molar-refractivity contribution is 5.99. The van der Waals surface area contributed by atoms with E-state index in [1.807, 2.05) is 12.1 Å². The van der Waals surface area contributed by atoms with Gasteiger partial charge in [-0.2, -0.15) is 0 Å². The number of carbonyl (C=O) groups is 1. The van der Waals surface area contributed by atoms with E-state index in [2.05, 4.69) is 43.8 Å². The smallest absolute Gasteiger partial charge is 0.255 e.